The van der Waals surface area contributed by atoms with Gasteiger partial charge in [0.05, 0.1) is 15.9 Å². The zero-order chi connectivity index (χ0) is 14.0. The van der Waals surface area contributed by atoms with Gasteiger partial charge in [-0.3, -0.25) is 9.58 Å². The first-order valence-electron chi connectivity index (χ1n) is 6.40. The molecule has 1 aromatic rings. The molecule has 1 aromatic heterocycles. The second kappa shape index (κ2) is 5.92. The summed E-state index contributed by atoms with van der Waals surface area (Å²) >= 11 is 3.59. The molecule has 3 N–H and O–H groups in total. The van der Waals surface area contributed by atoms with Gasteiger partial charge in [0.15, 0.2) is 0 Å². The van der Waals surface area contributed by atoms with Crippen LogP contribution in [0.5, 0.6) is 0 Å². The second-order valence-electron chi connectivity index (χ2n) is 5.07. The monoisotopic (exact) mass is 329 g/mol. The lowest BCUT2D eigenvalue weighted by molar-refractivity contribution is 0.188. The van der Waals surface area contributed by atoms with Gasteiger partial charge in [0.25, 0.3) is 0 Å². The predicted molar refractivity (Wildman–Crippen MR) is 77.1 cm³/mol. The van der Waals surface area contributed by atoms with E-state index in [1.165, 1.54) is 0 Å². The molecule has 1 unspecified atom stereocenters. The Hall–Kier alpha value is -1.08. The lowest BCUT2D eigenvalue weighted by atomic mass is 9.97. The van der Waals surface area contributed by atoms with Crippen molar-refractivity contribution in [3.8, 4) is 0 Å². The lowest BCUT2D eigenvalue weighted by Gasteiger charge is -2.31. The molecule has 1 fully saturated rings. The summed E-state index contributed by atoms with van der Waals surface area (Å²) in [5, 5.41) is 16.3. The molecular weight excluding hydrogens is 310 g/mol. The highest BCUT2D eigenvalue weighted by atomic mass is 79.9. The fraction of sp³-hybridized carbons (Fsp3) is 0.667. The molecule has 1 aliphatic rings. The third-order valence-corrected chi connectivity index (χ3v) is 4.71. The van der Waals surface area contributed by atoms with Crippen molar-refractivity contribution in [1.29, 1.82) is 0 Å². The highest BCUT2D eigenvalue weighted by Crippen LogP contribution is 2.24. The molecule has 0 aromatic carbocycles. The number of aromatic nitrogens is 2. The Balaban J connectivity index is 2.07. The molecule has 0 radical (unpaired) electrons. The minimum absolute atomic E-state index is 0.145. The van der Waals surface area contributed by atoms with Gasteiger partial charge in [-0.2, -0.15) is 5.10 Å². The number of nitrogens with two attached hydrogens (primary N) is 1. The molecule has 0 saturated carbocycles. The van der Waals surface area contributed by atoms with Gasteiger partial charge in [-0.15, -0.1) is 0 Å². The molecule has 0 aliphatic carbocycles. The van der Waals surface area contributed by atoms with Gasteiger partial charge in [-0.1, -0.05) is 5.16 Å². The topological polar surface area (TPSA) is 79.7 Å². The quantitative estimate of drug-likeness (QED) is 0.380. The fourth-order valence-corrected chi connectivity index (χ4v) is 3.05. The lowest BCUT2D eigenvalue weighted by Crippen LogP contribution is -2.41. The molecule has 2 heterocycles. The maximum Gasteiger partial charge on any atom is 0.143 e. The van der Waals surface area contributed by atoms with Crippen LogP contribution in [0, 0.1) is 12.8 Å². The van der Waals surface area contributed by atoms with Gasteiger partial charge < -0.3 is 10.9 Å². The zero-order valence-corrected chi connectivity index (χ0v) is 12.9. The minimum atomic E-state index is 0.145. The number of amidine groups is 1. The summed E-state index contributed by atoms with van der Waals surface area (Å²) in [6, 6.07) is 0. The molecule has 2 rings (SSSR count). The number of aryl methyl sites for hydroxylation is 2. The number of rotatable bonds is 3. The molecular formula is C12H20BrN5O. The highest BCUT2D eigenvalue weighted by Gasteiger charge is 2.24. The van der Waals surface area contributed by atoms with Gasteiger partial charge in [0.2, 0.25) is 0 Å². The smallest absolute Gasteiger partial charge is 0.143 e. The minimum Gasteiger partial charge on any atom is -0.409 e. The summed E-state index contributed by atoms with van der Waals surface area (Å²) in [5.41, 5.74) is 7.88. The first-order chi connectivity index (χ1) is 9.02. The average Bonchev–Trinajstić information content (AvgIpc) is 2.65. The van der Waals surface area contributed by atoms with E-state index in [2.05, 4.69) is 31.1 Å². The normalized spacial score (nSPS) is 21.8. The van der Waals surface area contributed by atoms with Crippen LogP contribution in [0.3, 0.4) is 0 Å². The predicted octanol–water partition coefficient (Wildman–Crippen LogP) is 1.45. The summed E-state index contributed by atoms with van der Waals surface area (Å²) in [4.78, 5) is 2.33. The van der Waals surface area contributed by atoms with E-state index in [9.17, 15) is 0 Å². The molecule has 7 heteroatoms. The Bertz CT molecular complexity index is 485. The largest absolute Gasteiger partial charge is 0.409 e. The summed E-state index contributed by atoms with van der Waals surface area (Å²) in [6.45, 7) is 4.68. The zero-order valence-electron chi connectivity index (χ0n) is 11.3. The maximum atomic E-state index is 8.78. The molecule has 106 valence electrons. The van der Waals surface area contributed by atoms with Gasteiger partial charge in [-0.25, -0.2) is 0 Å². The Labute approximate surface area is 121 Å². The van der Waals surface area contributed by atoms with Crippen LogP contribution in [0.2, 0.25) is 0 Å². The average molecular weight is 330 g/mol. The van der Waals surface area contributed by atoms with Crippen LogP contribution < -0.4 is 5.73 Å². The molecule has 0 amide bonds. The van der Waals surface area contributed by atoms with Crippen molar-refractivity contribution in [1.82, 2.24) is 14.7 Å². The van der Waals surface area contributed by atoms with Crippen LogP contribution in [-0.4, -0.2) is 38.8 Å². The number of oxime groups is 1. The van der Waals surface area contributed by atoms with Crippen LogP contribution in [0.4, 0.5) is 0 Å². The van der Waals surface area contributed by atoms with Gasteiger partial charge in [0.1, 0.15) is 5.84 Å². The molecule has 19 heavy (non-hydrogen) atoms. The van der Waals surface area contributed by atoms with E-state index < -0.39 is 0 Å². The number of nitrogens with zero attached hydrogens (tertiary/aromatic N) is 4. The van der Waals surface area contributed by atoms with Crippen molar-refractivity contribution in [2.24, 2.45) is 23.9 Å². The van der Waals surface area contributed by atoms with Crippen molar-refractivity contribution in [3.63, 3.8) is 0 Å². The molecule has 0 bridgehead atoms. The second-order valence-corrected chi connectivity index (χ2v) is 5.86. The first kappa shape index (κ1) is 14.3. The van der Waals surface area contributed by atoms with Crippen molar-refractivity contribution in [2.75, 3.05) is 13.1 Å². The van der Waals surface area contributed by atoms with E-state index in [-0.39, 0.29) is 5.92 Å². The summed E-state index contributed by atoms with van der Waals surface area (Å²) in [6.07, 6.45) is 2.05. The van der Waals surface area contributed by atoms with Gasteiger partial charge in [-0.05, 0) is 42.2 Å². The number of hydrogen-bond donors (Lipinski definition) is 2. The van der Waals surface area contributed by atoms with E-state index in [1.807, 2.05) is 18.7 Å². The molecule has 6 nitrogen and oxygen atoms in total. The van der Waals surface area contributed by atoms with E-state index in [4.69, 9.17) is 10.9 Å². The Morgan fingerprint density at radius 1 is 1.63 bits per heavy atom. The number of hydrogen-bond acceptors (Lipinski definition) is 4. The summed E-state index contributed by atoms with van der Waals surface area (Å²) in [7, 11) is 1.96. The number of halogens is 1. The van der Waals surface area contributed by atoms with E-state index in [1.54, 1.807) is 0 Å². The van der Waals surface area contributed by atoms with Crippen molar-refractivity contribution in [2.45, 2.75) is 26.3 Å². The Morgan fingerprint density at radius 2 is 2.37 bits per heavy atom. The van der Waals surface area contributed by atoms with Crippen molar-refractivity contribution < 1.29 is 5.21 Å². The fourth-order valence-electron chi connectivity index (χ4n) is 2.59. The van der Waals surface area contributed by atoms with Crippen LogP contribution in [0.1, 0.15) is 24.2 Å². The number of piperidine rings is 1. The standard InChI is InChI=1S/C12H20BrN5O/c1-8-11(13)10(17(2)15-8)7-18-5-3-4-9(6-18)12(14)16-19/h9,19H,3-7H2,1-2H3,(H2,14,16). The Morgan fingerprint density at radius 3 is 2.95 bits per heavy atom. The molecule has 1 saturated heterocycles. The van der Waals surface area contributed by atoms with Gasteiger partial charge in [0, 0.05) is 26.1 Å². The summed E-state index contributed by atoms with van der Waals surface area (Å²) < 4.78 is 2.98. The maximum absolute atomic E-state index is 8.78. The van der Waals surface area contributed by atoms with Crippen LogP contribution in [0.25, 0.3) is 0 Å². The van der Waals surface area contributed by atoms with Crippen molar-refractivity contribution >= 4 is 21.8 Å². The molecule has 1 atom stereocenters. The van der Waals surface area contributed by atoms with E-state index >= 15 is 0 Å². The number of likely N-dealkylation sites (tertiary alicyclic amines) is 1. The van der Waals surface area contributed by atoms with Crippen LogP contribution in [-0.2, 0) is 13.6 Å². The Kier molecular flexibility index (Phi) is 4.46. The van der Waals surface area contributed by atoms with E-state index in [0.29, 0.717) is 5.84 Å². The molecule has 0 spiro atoms. The van der Waals surface area contributed by atoms with Crippen LogP contribution in [0.15, 0.2) is 9.63 Å². The van der Waals surface area contributed by atoms with E-state index in [0.717, 1.165) is 48.3 Å². The third-order valence-electron chi connectivity index (χ3n) is 3.67. The third kappa shape index (κ3) is 3.09. The van der Waals surface area contributed by atoms with Gasteiger partial charge >= 0.3 is 0 Å². The van der Waals surface area contributed by atoms with Crippen molar-refractivity contribution in [3.05, 3.63) is 15.9 Å². The SMILES string of the molecule is Cc1nn(C)c(CN2CCCC(C(N)=NO)C2)c1Br. The van der Waals surface area contributed by atoms with Crippen LogP contribution >= 0.6 is 15.9 Å². The summed E-state index contributed by atoms with van der Waals surface area (Å²) in [5.74, 6) is 0.483. The highest BCUT2D eigenvalue weighted by molar-refractivity contribution is 9.10. The molecule has 1 aliphatic heterocycles. The first-order valence-corrected chi connectivity index (χ1v) is 7.20.